The van der Waals surface area contributed by atoms with Crippen LogP contribution in [0.2, 0.25) is 0 Å². The van der Waals surface area contributed by atoms with E-state index in [4.69, 9.17) is 15.0 Å². The summed E-state index contributed by atoms with van der Waals surface area (Å²) in [6.45, 7) is 13.5. The van der Waals surface area contributed by atoms with Gasteiger partial charge < -0.3 is 5.11 Å². The Labute approximate surface area is 360 Å². The monoisotopic (exact) mass is 948 g/mol. The van der Waals surface area contributed by atoms with Gasteiger partial charge in [0, 0.05) is 66.7 Å². The molecule has 9 aromatic rings. The number of phenols is 1. The van der Waals surface area contributed by atoms with Gasteiger partial charge in [0.15, 0.2) is 0 Å². The van der Waals surface area contributed by atoms with E-state index in [0.29, 0.717) is 11.3 Å². The van der Waals surface area contributed by atoms with Crippen molar-refractivity contribution in [3.8, 4) is 67.6 Å². The topological polar surface area (TPSA) is 63.8 Å². The summed E-state index contributed by atoms with van der Waals surface area (Å²) in [6, 6.07) is 53.7. The maximum atomic E-state index is 11.0. The fourth-order valence-electron chi connectivity index (χ4n) is 7.81. The van der Waals surface area contributed by atoms with Gasteiger partial charge in [-0.05, 0) is 81.1 Å². The van der Waals surface area contributed by atoms with Crippen LogP contribution in [0.3, 0.4) is 0 Å². The molecule has 0 spiro atoms. The largest absolute Gasteiger partial charge is 0.507 e. The summed E-state index contributed by atoms with van der Waals surface area (Å²) in [5.74, 6) is 1.06. The van der Waals surface area contributed by atoms with E-state index in [-0.39, 0.29) is 37.6 Å². The standard InChI is InChI=1S/C53H45N4O.Pt/c1-52(2,3)39-28-37(29-40(33-39)53(4,5)6)38-31-46(56-47(32-38)44-18-8-10-22-49(44)58)36-16-13-15-35(27-36)45-30-34(24-26-54-45)41-19-14-20-43-42-17-7-9-21-48(42)57(51(41)43)50-23-11-12-25-55-50;/h7-26,28-33,58H,1-6H3;/q-1;. The van der Waals surface area contributed by atoms with E-state index in [9.17, 15) is 5.11 Å². The molecule has 0 aliphatic carbocycles. The molecule has 294 valence electrons. The molecule has 5 aromatic carbocycles. The van der Waals surface area contributed by atoms with Crippen LogP contribution in [-0.4, -0.2) is 24.6 Å². The summed E-state index contributed by atoms with van der Waals surface area (Å²) in [5, 5.41) is 13.4. The number of hydrogen-bond acceptors (Lipinski definition) is 4. The summed E-state index contributed by atoms with van der Waals surface area (Å²) in [6.07, 6.45) is 3.72. The minimum absolute atomic E-state index is 0. The zero-order valence-electron chi connectivity index (χ0n) is 34.1. The molecule has 0 aliphatic heterocycles. The SMILES string of the molecule is CC(C)(C)c1cc(-c2cc(-c3[c-]c(-c4cc(-c5cccc6c7ccccc7n(-c7ccccn7)c56)ccn4)ccc3)nc(-c3ccccc3O)c2)cc(C(C)(C)C)c1.[Pt]. The molecule has 5 nitrogen and oxygen atoms in total. The number of hydrogen-bond donors (Lipinski definition) is 1. The van der Waals surface area contributed by atoms with E-state index in [0.717, 1.165) is 61.6 Å². The van der Waals surface area contributed by atoms with Gasteiger partial charge >= 0.3 is 0 Å². The second-order valence-corrected chi connectivity index (χ2v) is 17.1. The maximum Gasteiger partial charge on any atom is 0.137 e. The van der Waals surface area contributed by atoms with E-state index in [2.05, 4.69) is 149 Å². The van der Waals surface area contributed by atoms with Gasteiger partial charge in [-0.25, -0.2) is 4.98 Å². The molecule has 59 heavy (non-hydrogen) atoms. The van der Waals surface area contributed by atoms with E-state index in [1.807, 2.05) is 54.9 Å². The Morgan fingerprint density at radius 2 is 1.12 bits per heavy atom. The minimum Gasteiger partial charge on any atom is -0.507 e. The van der Waals surface area contributed by atoms with Crippen LogP contribution in [0.5, 0.6) is 5.75 Å². The van der Waals surface area contributed by atoms with E-state index >= 15 is 0 Å². The van der Waals surface area contributed by atoms with Gasteiger partial charge in [0.2, 0.25) is 0 Å². The first-order valence-electron chi connectivity index (χ1n) is 19.8. The van der Waals surface area contributed by atoms with Crippen LogP contribution in [0.25, 0.3) is 83.6 Å². The Morgan fingerprint density at radius 1 is 0.508 bits per heavy atom. The number of para-hydroxylation sites is 3. The zero-order chi connectivity index (χ0) is 40.2. The molecule has 0 saturated heterocycles. The van der Waals surface area contributed by atoms with Crippen molar-refractivity contribution in [1.82, 2.24) is 19.5 Å². The molecule has 9 rings (SSSR count). The zero-order valence-corrected chi connectivity index (χ0v) is 36.3. The maximum absolute atomic E-state index is 11.0. The molecule has 4 aromatic heterocycles. The van der Waals surface area contributed by atoms with Crippen molar-refractivity contribution in [2.24, 2.45) is 0 Å². The second-order valence-electron chi connectivity index (χ2n) is 17.1. The fourth-order valence-corrected chi connectivity index (χ4v) is 7.81. The van der Waals surface area contributed by atoms with Gasteiger partial charge in [-0.1, -0.05) is 138 Å². The molecule has 0 atom stereocenters. The predicted octanol–water partition coefficient (Wildman–Crippen LogP) is 13.4. The quantitative estimate of drug-likeness (QED) is 0.169. The Bertz CT molecular complexity index is 2960. The first kappa shape index (κ1) is 39.7. The third kappa shape index (κ3) is 7.64. The minimum atomic E-state index is -0.0451. The normalized spacial score (nSPS) is 11.8. The molecule has 1 N–H and O–H groups in total. The van der Waals surface area contributed by atoms with Crippen molar-refractivity contribution < 1.29 is 26.2 Å². The average Bonchev–Trinajstić information content (AvgIpc) is 3.58. The van der Waals surface area contributed by atoms with Crippen LogP contribution < -0.4 is 0 Å². The molecule has 0 bridgehead atoms. The number of benzene rings is 5. The summed E-state index contributed by atoms with van der Waals surface area (Å²) in [5.41, 5.74) is 13.6. The molecule has 0 aliphatic rings. The Balaban J connectivity index is 0.00000484. The Kier molecular flexibility index (Phi) is 10.4. The first-order valence-corrected chi connectivity index (χ1v) is 19.8. The van der Waals surface area contributed by atoms with Crippen molar-refractivity contribution in [2.45, 2.75) is 52.4 Å². The fraction of sp³-hybridized carbons (Fsp3) is 0.151. The van der Waals surface area contributed by atoms with Crippen LogP contribution in [-0.2, 0) is 31.9 Å². The molecule has 0 amide bonds. The van der Waals surface area contributed by atoms with Crippen LogP contribution in [0.1, 0.15) is 52.7 Å². The van der Waals surface area contributed by atoms with Gasteiger partial charge in [0.1, 0.15) is 11.6 Å². The first-order chi connectivity index (χ1) is 27.9. The van der Waals surface area contributed by atoms with Gasteiger partial charge in [-0.3, -0.25) is 14.5 Å². The van der Waals surface area contributed by atoms with Gasteiger partial charge in [0.05, 0.1) is 16.7 Å². The molecule has 0 radical (unpaired) electrons. The number of aromatic hydroxyl groups is 1. The van der Waals surface area contributed by atoms with Crippen molar-refractivity contribution in [1.29, 1.82) is 0 Å². The van der Waals surface area contributed by atoms with E-state index < -0.39 is 0 Å². The van der Waals surface area contributed by atoms with Crippen LogP contribution in [0.4, 0.5) is 0 Å². The van der Waals surface area contributed by atoms with Crippen molar-refractivity contribution in [2.75, 3.05) is 0 Å². The average molecular weight is 949 g/mol. The predicted molar refractivity (Wildman–Crippen MR) is 239 cm³/mol. The summed E-state index contributed by atoms with van der Waals surface area (Å²) < 4.78 is 2.26. The molecule has 6 heteroatoms. The number of pyridine rings is 3. The number of nitrogens with zero attached hydrogens (tertiary/aromatic N) is 4. The summed E-state index contributed by atoms with van der Waals surface area (Å²) >= 11 is 0. The van der Waals surface area contributed by atoms with Crippen LogP contribution in [0, 0.1) is 6.07 Å². The summed E-state index contributed by atoms with van der Waals surface area (Å²) in [7, 11) is 0. The summed E-state index contributed by atoms with van der Waals surface area (Å²) in [4.78, 5) is 14.8. The smallest absolute Gasteiger partial charge is 0.137 e. The van der Waals surface area contributed by atoms with E-state index in [1.54, 1.807) is 6.07 Å². The van der Waals surface area contributed by atoms with Gasteiger partial charge in [-0.15, -0.1) is 24.3 Å². The van der Waals surface area contributed by atoms with E-state index in [1.165, 1.54) is 21.9 Å². The molecule has 0 saturated carbocycles. The molecular formula is C53H45N4OPt-. The number of aromatic nitrogens is 4. The van der Waals surface area contributed by atoms with Crippen molar-refractivity contribution in [3.63, 3.8) is 0 Å². The van der Waals surface area contributed by atoms with Gasteiger partial charge in [0.25, 0.3) is 0 Å². The molecule has 4 heterocycles. The van der Waals surface area contributed by atoms with Crippen LogP contribution in [0.15, 0.2) is 158 Å². The Hall–Kier alpha value is -6.16. The van der Waals surface area contributed by atoms with Crippen LogP contribution >= 0.6 is 0 Å². The Morgan fingerprint density at radius 3 is 1.85 bits per heavy atom. The molecule has 0 fully saturated rings. The van der Waals surface area contributed by atoms with Gasteiger partial charge in [-0.2, -0.15) is 0 Å². The van der Waals surface area contributed by atoms with Crippen molar-refractivity contribution in [3.05, 3.63) is 175 Å². The number of fused-ring (bicyclic) bond motifs is 3. The third-order valence-electron chi connectivity index (χ3n) is 11.0. The molecular weight excluding hydrogens is 904 g/mol. The number of phenolic OH excluding ortho intramolecular Hbond substituents is 1. The molecule has 0 unspecified atom stereocenters. The third-order valence-corrected chi connectivity index (χ3v) is 11.0. The second kappa shape index (κ2) is 15.5. The van der Waals surface area contributed by atoms with Crippen molar-refractivity contribution >= 4 is 21.8 Å². The number of rotatable bonds is 6.